The lowest BCUT2D eigenvalue weighted by atomic mass is 10.1. The lowest BCUT2D eigenvalue weighted by Gasteiger charge is -1.96. The number of Topliss-reactive ketones (excluding diaryl/α,β-unsaturated/α-hetero) is 2. The van der Waals surface area contributed by atoms with Gasteiger partial charge in [-0.3, -0.25) is 14.6 Å². The third-order valence-electron chi connectivity index (χ3n) is 1.65. The minimum absolute atomic E-state index is 0.202. The van der Waals surface area contributed by atoms with Gasteiger partial charge in [-0.25, -0.2) is 0 Å². The number of hydrogen-bond acceptors (Lipinski definition) is 4. The maximum atomic E-state index is 11.4. The predicted octanol–water partition coefficient (Wildman–Crippen LogP) is 0.812. The van der Waals surface area contributed by atoms with Gasteiger partial charge in [0.1, 0.15) is 12.1 Å². The van der Waals surface area contributed by atoms with Crippen molar-refractivity contribution in [2.75, 3.05) is 0 Å². The van der Waals surface area contributed by atoms with E-state index in [-0.39, 0.29) is 24.4 Å². The van der Waals surface area contributed by atoms with Gasteiger partial charge in [-0.15, -0.1) is 0 Å². The Morgan fingerprint density at radius 1 is 1.43 bits per heavy atom. The second-order valence-electron chi connectivity index (χ2n) is 2.75. The second-order valence-corrected chi connectivity index (χ2v) is 2.75. The Balaban J connectivity index is 2.59. The lowest BCUT2D eigenvalue weighted by Crippen LogP contribution is -2.08. The Kier molecular flexibility index (Phi) is 3.67. The van der Waals surface area contributed by atoms with Crippen LogP contribution in [0.5, 0.6) is 0 Å². The van der Waals surface area contributed by atoms with Crippen molar-refractivity contribution in [3.05, 3.63) is 30.1 Å². The van der Waals surface area contributed by atoms with E-state index in [1.807, 2.05) is 0 Å². The average Bonchev–Trinajstić information content (AvgIpc) is 2.19. The van der Waals surface area contributed by atoms with Crippen LogP contribution in [-0.4, -0.2) is 22.8 Å². The Hall–Kier alpha value is -1.84. The van der Waals surface area contributed by atoms with E-state index in [9.17, 15) is 14.4 Å². The third-order valence-corrected chi connectivity index (χ3v) is 1.65. The molecule has 0 fully saturated rings. The monoisotopic (exact) mass is 191 g/mol. The summed E-state index contributed by atoms with van der Waals surface area (Å²) in [7, 11) is 0. The Morgan fingerprint density at radius 2 is 2.21 bits per heavy atom. The van der Waals surface area contributed by atoms with Gasteiger partial charge in [-0.1, -0.05) is 0 Å². The number of ketones is 2. The van der Waals surface area contributed by atoms with Gasteiger partial charge >= 0.3 is 0 Å². The number of aldehydes is 1. The van der Waals surface area contributed by atoms with Gasteiger partial charge in [0.15, 0.2) is 5.78 Å². The van der Waals surface area contributed by atoms with Gasteiger partial charge in [-0.2, -0.15) is 0 Å². The van der Waals surface area contributed by atoms with E-state index in [4.69, 9.17) is 0 Å². The predicted molar refractivity (Wildman–Crippen MR) is 48.9 cm³/mol. The summed E-state index contributed by atoms with van der Waals surface area (Å²) in [5.41, 5.74) is 0.395. The van der Waals surface area contributed by atoms with Gasteiger partial charge in [-0.05, 0) is 12.1 Å². The van der Waals surface area contributed by atoms with Crippen molar-refractivity contribution in [3.8, 4) is 0 Å². The smallest absolute Gasteiger partial charge is 0.171 e. The first-order valence-electron chi connectivity index (χ1n) is 4.12. The SMILES string of the molecule is O=CCC(=O)CC(=O)c1cccnc1. The van der Waals surface area contributed by atoms with E-state index in [1.54, 1.807) is 18.3 Å². The zero-order chi connectivity index (χ0) is 10.4. The quantitative estimate of drug-likeness (QED) is 0.392. The summed E-state index contributed by atoms with van der Waals surface area (Å²) in [5, 5.41) is 0. The first kappa shape index (κ1) is 10.2. The van der Waals surface area contributed by atoms with E-state index >= 15 is 0 Å². The van der Waals surface area contributed by atoms with Gasteiger partial charge in [0.2, 0.25) is 0 Å². The number of pyridine rings is 1. The summed E-state index contributed by atoms with van der Waals surface area (Å²) >= 11 is 0. The van der Waals surface area contributed by atoms with Gasteiger partial charge in [0, 0.05) is 18.0 Å². The second kappa shape index (κ2) is 5.01. The summed E-state index contributed by atoms with van der Waals surface area (Å²) in [6, 6.07) is 3.21. The number of nitrogens with zero attached hydrogens (tertiary/aromatic N) is 1. The van der Waals surface area contributed by atoms with Crippen LogP contribution in [0.4, 0.5) is 0 Å². The minimum atomic E-state index is -0.367. The zero-order valence-corrected chi connectivity index (χ0v) is 7.47. The molecular weight excluding hydrogens is 182 g/mol. The largest absolute Gasteiger partial charge is 0.303 e. The molecule has 0 aliphatic heterocycles. The first-order chi connectivity index (χ1) is 6.74. The van der Waals surface area contributed by atoms with E-state index in [0.29, 0.717) is 11.8 Å². The molecule has 14 heavy (non-hydrogen) atoms. The molecule has 0 N–H and O–H groups in total. The Morgan fingerprint density at radius 3 is 2.79 bits per heavy atom. The molecule has 4 heteroatoms. The molecule has 0 unspecified atom stereocenters. The van der Waals surface area contributed by atoms with Gasteiger partial charge < -0.3 is 4.79 Å². The maximum absolute atomic E-state index is 11.4. The van der Waals surface area contributed by atoms with Crippen molar-refractivity contribution in [2.24, 2.45) is 0 Å². The molecule has 0 aliphatic carbocycles. The van der Waals surface area contributed by atoms with Crippen LogP contribution in [0.15, 0.2) is 24.5 Å². The number of rotatable bonds is 5. The number of carbonyl (C=O) groups is 3. The van der Waals surface area contributed by atoms with Crippen LogP contribution >= 0.6 is 0 Å². The molecule has 0 saturated heterocycles. The number of hydrogen-bond donors (Lipinski definition) is 0. The minimum Gasteiger partial charge on any atom is -0.303 e. The van der Waals surface area contributed by atoms with Crippen molar-refractivity contribution >= 4 is 17.9 Å². The molecule has 0 radical (unpaired) electrons. The molecule has 4 nitrogen and oxygen atoms in total. The lowest BCUT2D eigenvalue weighted by molar-refractivity contribution is -0.121. The molecule has 1 heterocycles. The summed E-state index contributed by atoms with van der Waals surface area (Å²) in [4.78, 5) is 36.1. The van der Waals surface area contributed by atoms with Crippen molar-refractivity contribution in [1.82, 2.24) is 4.98 Å². The summed E-state index contributed by atoms with van der Waals surface area (Å²) in [6.07, 6.45) is 3.01. The molecule has 0 bridgehead atoms. The molecule has 0 aliphatic rings. The van der Waals surface area contributed by atoms with Crippen LogP contribution in [-0.2, 0) is 9.59 Å². The number of carbonyl (C=O) groups excluding carboxylic acids is 3. The number of aromatic nitrogens is 1. The summed E-state index contributed by atoms with van der Waals surface area (Å²) < 4.78 is 0. The third kappa shape index (κ3) is 2.90. The van der Waals surface area contributed by atoms with Crippen LogP contribution in [0.25, 0.3) is 0 Å². The van der Waals surface area contributed by atoms with E-state index < -0.39 is 0 Å². The van der Waals surface area contributed by atoms with E-state index in [0.717, 1.165) is 0 Å². The van der Waals surface area contributed by atoms with Crippen molar-refractivity contribution < 1.29 is 14.4 Å². The topological polar surface area (TPSA) is 64.1 Å². The van der Waals surface area contributed by atoms with E-state index in [1.165, 1.54) is 6.20 Å². The highest BCUT2D eigenvalue weighted by molar-refractivity contribution is 6.09. The standard InChI is InChI=1S/C10H9NO3/c12-5-3-9(13)6-10(14)8-2-1-4-11-7-8/h1-2,4-5,7H,3,6H2. The first-order valence-corrected chi connectivity index (χ1v) is 4.12. The fourth-order valence-electron chi connectivity index (χ4n) is 0.974. The normalized spacial score (nSPS) is 9.43. The molecule has 0 saturated carbocycles. The Bertz CT molecular complexity index is 346. The van der Waals surface area contributed by atoms with Gasteiger partial charge in [0.25, 0.3) is 0 Å². The highest BCUT2D eigenvalue weighted by Gasteiger charge is 2.10. The molecule has 1 aromatic rings. The van der Waals surface area contributed by atoms with Crippen LogP contribution in [0, 0.1) is 0 Å². The van der Waals surface area contributed by atoms with Crippen LogP contribution in [0.3, 0.4) is 0 Å². The molecule has 0 atom stereocenters. The fraction of sp³-hybridized carbons (Fsp3) is 0.200. The van der Waals surface area contributed by atoms with Crippen molar-refractivity contribution in [1.29, 1.82) is 0 Å². The maximum Gasteiger partial charge on any atom is 0.171 e. The van der Waals surface area contributed by atoms with Crippen LogP contribution in [0.2, 0.25) is 0 Å². The fourth-order valence-corrected chi connectivity index (χ4v) is 0.974. The average molecular weight is 191 g/mol. The highest BCUT2D eigenvalue weighted by Crippen LogP contribution is 2.02. The molecule has 72 valence electrons. The van der Waals surface area contributed by atoms with E-state index in [2.05, 4.69) is 4.98 Å². The van der Waals surface area contributed by atoms with Crippen molar-refractivity contribution in [3.63, 3.8) is 0 Å². The molecule has 1 aromatic heterocycles. The van der Waals surface area contributed by atoms with Crippen molar-refractivity contribution in [2.45, 2.75) is 12.8 Å². The summed E-state index contributed by atoms with van der Waals surface area (Å²) in [6.45, 7) is 0. The molecular formula is C10H9NO3. The Labute approximate surface area is 81.0 Å². The summed E-state index contributed by atoms with van der Waals surface area (Å²) in [5.74, 6) is -0.668. The molecule has 1 rings (SSSR count). The van der Waals surface area contributed by atoms with Gasteiger partial charge in [0.05, 0.1) is 12.8 Å². The molecule has 0 aromatic carbocycles. The van der Waals surface area contributed by atoms with Crippen LogP contribution in [0.1, 0.15) is 23.2 Å². The molecule has 0 spiro atoms. The van der Waals surface area contributed by atoms with Crippen LogP contribution < -0.4 is 0 Å². The zero-order valence-electron chi connectivity index (χ0n) is 7.47. The molecule has 0 amide bonds. The highest BCUT2D eigenvalue weighted by atomic mass is 16.2.